The lowest BCUT2D eigenvalue weighted by Crippen LogP contribution is -2.49. The van der Waals surface area contributed by atoms with Gasteiger partial charge in [-0.05, 0) is 24.4 Å². The monoisotopic (exact) mass is 298 g/mol. The van der Waals surface area contributed by atoms with Crippen molar-refractivity contribution in [3.63, 3.8) is 0 Å². The minimum absolute atomic E-state index is 0.382. The van der Waals surface area contributed by atoms with Crippen LogP contribution in [-0.4, -0.2) is 66.9 Å². The fraction of sp³-hybridized carbons (Fsp3) is 0.733. The van der Waals surface area contributed by atoms with Gasteiger partial charge in [0.2, 0.25) is 0 Å². The highest BCUT2D eigenvalue weighted by Gasteiger charge is 2.18. The van der Waals surface area contributed by atoms with E-state index in [-0.39, 0.29) is 6.10 Å². The van der Waals surface area contributed by atoms with Crippen LogP contribution < -0.4 is 0 Å². The molecule has 1 aliphatic rings. The van der Waals surface area contributed by atoms with Gasteiger partial charge in [-0.1, -0.05) is 13.0 Å². The van der Waals surface area contributed by atoms with Gasteiger partial charge in [0.15, 0.2) is 0 Å². The van der Waals surface area contributed by atoms with Crippen LogP contribution in [0.5, 0.6) is 0 Å². The highest BCUT2D eigenvalue weighted by molar-refractivity contribution is 7.09. The Morgan fingerprint density at radius 1 is 1.30 bits per heavy atom. The van der Waals surface area contributed by atoms with Crippen molar-refractivity contribution in [2.75, 3.05) is 45.9 Å². The number of hydrogen-bond donors (Lipinski definition) is 1. The molecule has 114 valence electrons. The molecule has 0 unspecified atom stereocenters. The molecule has 1 atom stereocenters. The lowest BCUT2D eigenvalue weighted by molar-refractivity contribution is 0.00211. The van der Waals surface area contributed by atoms with Gasteiger partial charge in [0.05, 0.1) is 19.3 Å². The minimum Gasteiger partial charge on any atom is -0.389 e. The summed E-state index contributed by atoms with van der Waals surface area (Å²) in [6.07, 6.45) is 0.840. The first kappa shape index (κ1) is 15.9. The van der Waals surface area contributed by atoms with Gasteiger partial charge in [0.1, 0.15) is 0 Å². The van der Waals surface area contributed by atoms with Crippen LogP contribution in [-0.2, 0) is 11.3 Å². The Bertz CT molecular complexity index is 351. The number of hydrogen-bond acceptors (Lipinski definition) is 5. The van der Waals surface area contributed by atoms with Gasteiger partial charge in [0.25, 0.3) is 0 Å². The van der Waals surface area contributed by atoms with Crippen LogP contribution >= 0.6 is 11.3 Å². The zero-order valence-corrected chi connectivity index (χ0v) is 13.1. The highest BCUT2D eigenvalue weighted by atomic mass is 32.1. The Labute approximate surface area is 126 Å². The van der Waals surface area contributed by atoms with Crippen molar-refractivity contribution in [2.45, 2.75) is 26.1 Å². The molecular formula is C15H26N2O2S. The van der Waals surface area contributed by atoms with E-state index in [0.717, 1.165) is 32.7 Å². The molecule has 1 aromatic heterocycles. The second-order valence-electron chi connectivity index (χ2n) is 5.39. The van der Waals surface area contributed by atoms with Crippen LogP contribution in [0.25, 0.3) is 0 Å². The molecular weight excluding hydrogens is 272 g/mol. The Morgan fingerprint density at radius 3 is 2.70 bits per heavy atom. The van der Waals surface area contributed by atoms with Crippen molar-refractivity contribution >= 4 is 11.3 Å². The van der Waals surface area contributed by atoms with Gasteiger partial charge in [-0.25, -0.2) is 0 Å². The van der Waals surface area contributed by atoms with Crippen LogP contribution in [0.2, 0.25) is 0 Å². The summed E-state index contributed by atoms with van der Waals surface area (Å²) in [6, 6.07) is 4.08. The van der Waals surface area contributed by atoms with E-state index in [0.29, 0.717) is 13.2 Å². The quantitative estimate of drug-likeness (QED) is 0.792. The van der Waals surface area contributed by atoms with Crippen molar-refractivity contribution in [1.29, 1.82) is 0 Å². The third kappa shape index (κ3) is 5.50. The standard InChI is InChI=1S/C15H26N2O2S/c1-2-5-16-6-8-17(9-7-16)11-14(18)12-19-13-15-4-3-10-20-15/h3-4,10,14,18H,2,5-9,11-13H2,1H3/t14-/m1/s1. The minimum atomic E-state index is -0.382. The molecule has 1 aromatic rings. The molecule has 0 amide bonds. The van der Waals surface area contributed by atoms with E-state index in [1.165, 1.54) is 17.8 Å². The average molecular weight is 298 g/mol. The number of ether oxygens (including phenoxy) is 1. The number of rotatable bonds is 8. The van der Waals surface area contributed by atoms with Crippen molar-refractivity contribution in [1.82, 2.24) is 9.80 Å². The van der Waals surface area contributed by atoms with E-state index < -0.39 is 0 Å². The summed E-state index contributed by atoms with van der Waals surface area (Å²) >= 11 is 1.69. The molecule has 1 saturated heterocycles. The molecule has 4 nitrogen and oxygen atoms in total. The first-order valence-electron chi connectivity index (χ1n) is 7.51. The number of thiophene rings is 1. The summed E-state index contributed by atoms with van der Waals surface area (Å²) in [5.41, 5.74) is 0. The van der Waals surface area contributed by atoms with Crippen LogP contribution in [0.1, 0.15) is 18.2 Å². The van der Waals surface area contributed by atoms with Gasteiger partial charge in [-0.15, -0.1) is 11.3 Å². The number of aliphatic hydroxyl groups excluding tert-OH is 1. The molecule has 0 saturated carbocycles. The van der Waals surface area contributed by atoms with Crippen molar-refractivity contribution in [3.8, 4) is 0 Å². The van der Waals surface area contributed by atoms with E-state index in [4.69, 9.17) is 4.74 Å². The molecule has 2 rings (SSSR count). The number of aliphatic hydroxyl groups is 1. The average Bonchev–Trinajstić information content (AvgIpc) is 2.94. The molecule has 0 spiro atoms. The van der Waals surface area contributed by atoms with E-state index >= 15 is 0 Å². The smallest absolute Gasteiger partial charge is 0.0900 e. The summed E-state index contributed by atoms with van der Waals surface area (Å²) < 4.78 is 5.56. The summed E-state index contributed by atoms with van der Waals surface area (Å²) in [6.45, 7) is 9.54. The van der Waals surface area contributed by atoms with Gasteiger partial charge in [0, 0.05) is 37.6 Å². The third-order valence-corrected chi connectivity index (χ3v) is 4.46. The molecule has 20 heavy (non-hydrogen) atoms. The SMILES string of the molecule is CCCN1CCN(C[C@@H](O)COCc2cccs2)CC1. The molecule has 0 radical (unpaired) electrons. The number of piperazine rings is 1. The molecule has 1 fully saturated rings. The first-order valence-corrected chi connectivity index (χ1v) is 8.38. The Balaban J connectivity index is 1.57. The van der Waals surface area contributed by atoms with Crippen LogP contribution in [0.4, 0.5) is 0 Å². The summed E-state index contributed by atoms with van der Waals surface area (Å²) in [5.74, 6) is 0. The molecule has 5 heteroatoms. The fourth-order valence-corrected chi connectivity index (χ4v) is 3.19. The Hall–Kier alpha value is -0.460. The maximum atomic E-state index is 10.0. The van der Waals surface area contributed by atoms with Gasteiger partial charge >= 0.3 is 0 Å². The molecule has 0 aliphatic carbocycles. The summed E-state index contributed by atoms with van der Waals surface area (Å²) in [4.78, 5) is 6.05. The highest BCUT2D eigenvalue weighted by Crippen LogP contribution is 2.10. The predicted octanol–water partition coefficient (Wildman–Crippen LogP) is 1.65. The largest absolute Gasteiger partial charge is 0.389 e. The second-order valence-corrected chi connectivity index (χ2v) is 6.42. The zero-order chi connectivity index (χ0) is 14.2. The van der Waals surface area contributed by atoms with Gasteiger partial charge in [-0.3, -0.25) is 4.90 Å². The van der Waals surface area contributed by atoms with Crippen LogP contribution in [0, 0.1) is 0 Å². The van der Waals surface area contributed by atoms with Gasteiger partial charge < -0.3 is 14.7 Å². The molecule has 1 aliphatic heterocycles. The summed E-state index contributed by atoms with van der Waals surface area (Å²) in [7, 11) is 0. The maximum Gasteiger partial charge on any atom is 0.0900 e. The van der Waals surface area contributed by atoms with E-state index in [1.54, 1.807) is 11.3 Å². The molecule has 1 N–H and O–H groups in total. The van der Waals surface area contributed by atoms with Crippen LogP contribution in [0.15, 0.2) is 17.5 Å². The Kier molecular flexibility index (Phi) is 6.96. The summed E-state index contributed by atoms with van der Waals surface area (Å²) in [5, 5.41) is 12.1. The maximum absolute atomic E-state index is 10.0. The predicted molar refractivity (Wildman–Crippen MR) is 83.2 cm³/mol. The Morgan fingerprint density at radius 2 is 2.05 bits per heavy atom. The van der Waals surface area contributed by atoms with E-state index in [2.05, 4.69) is 22.8 Å². The zero-order valence-electron chi connectivity index (χ0n) is 12.3. The van der Waals surface area contributed by atoms with Crippen molar-refractivity contribution in [3.05, 3.63) is 22.4 Å². The van der Waals surface area contributed by atoms with Gasteiger partial charge in [-0.2, -0.15) is 0 Å². The van der Waals surface area contributed by atoms with Crippen molar-refractivity contribution in [2.24, 2.45) is 0 Å². The van der Waals surface area contributed by atoms with Crippen LogP contribution in [0.3, 0.4) is 0 Å². The normalized spacial score (nSPS) is 19.3. The topological polar surface area (TPSA) is 35.9 Å². The molecule has 0 bridgehead atoms. The first-order chi connectivity index (χ1) is 9.78. The number of nitrogens with zero attached hydrogens (tertiary/aromatic N) is 2. The van der Waals surface area contributed by atoms with E-state index in [1.807, 2.05) is 11.4 Å². The van der Waals surface area contributed by atoms with E-state index in [9.17, 15) is 5.11 Å². The third-order valence-electron chi connectivity index (χ3n) is 3.61. The lowest BCUT2D eigenvalue weighted by Gasteiger charge is -2.35. The molecule has 0 aromatic carbocycles. The lowest BCUT2D eigenvalue weighted by atomic mass is 10.2. The second kappa shape index (κ2) is 8.74. The molecule has 2 heterocycles. The number of β-amino-alcohol motifs (C(OH)–C–C–N with tert-alkyl or cyclic N) is 1. The fourth-order valence-electron chi connectivity index (χ4n) is 2.55. The van der Waals surface area contributed by atoms with Crippen molar-refractivity contribution < 1.29 is 9.84 Å².